The summed E-state index contributed by atoms with van der Waals surface area (Å²) in [5.41, 5.74) is 6.30. The van der Waals surface area contributed by atoms with E-state index in [2.05, 4.69) is 10.3 Å². The van der Waals surface area contributed by atoms with Gasteiger partial charge < -0.3 is 15.6 Å². The Balaban J connectivity index is 4.05. The molecule has 3 unspecified atom stereocenters. The standard InChI is InChI=1S/C11H24N4O2S/c1-9(11(3)14-8-12)7-13-10(2)5-6-15(4)18(16)17/h7-8,10-11,13H,5-6H2,1-4H3,(H2,12,14)(H,16,17)/p-1/b9-7+. The Hall–Kier alpha value is -0.920. The lowest BCUT2D eigenvalue weighted by Gasteiger charge is -2.21. The van der Waals surface area contributed by atoms with Crippen molar-refractivity contribution in [1.29, 1.82) is 0 Å². The predicted octanol–water partition coefficient (Wildman–Crippen LogP) is 0.360. The minimum atomic E-state index is -2.14. The molecule has 0 bridgehead atoms. The average molecular weight is 275 g/mol. The van der Waals surface area contributed by atoms with Gasteiger partial charge in [0, 0.05) is 23.9 Å². The van der Waals surface area contributed by atoms with E-state index in [-0.39, 0.29) is 12.1 Å². The molecule has 0 saturated carbocycles. The zero-order valence-electron chi connectivity index (χ0n) is 11.4. The summed E-state index contributed by atoms with van der Waals surface area (Å²) in [5, 5.41) is 3.21. The van der Waals surface area contributed by atoms with Crippen molar-refractivity contribution in [2.45, 2.75) is 39.3 Å². The van der Waals surface area contributed by atoms with E-state index in [4.69, 9.17) is 5.73 Å². The van der Waals surface area contributed by atoms with Crippen LogP contribution in [0.4, 0.5) is 0 Å². The van der Waals surface area contributed by atoms with Gasteiger partial charge in [0.2, 0.25) is 0 Å². The third-order valence-corrected chi connectivity index (χ3v) is 3.39. The molecule has 0 radical (unpaired) electrons. The van der Waals surface area contributed by atoms with E-state index < -0.39 is 11.3 Å². The quantitative estimate of drug-likeness (QED) is 0.380. The topological polar surface area (TPSA) is 93.8 Å². The molecule has 106 valence electrons. The highest BCUT2D eigenvalue weighted by molar-refractivity contribution is 7.76. The Morgan fingerprint density at radius 3 is 2.72 bits per heavy atom. The number of nitrogens with one attached hydrogen (secondary N) is 1. The second-order valence-corrected chi connectivity index (χ2v) is 5.35. The first kappa shape index (κ1) is 17.1. The fourth-order valence-electron chi connectivity index (χ4n) is 1.17. The summed E-state index contributed by atoms with van der Waals surface area (Å²) in [6.45, 7) is 6.42. The first-order valence-electron chi connectivity index (χ1n) is 5.85. The van der Waals surface area contributed by atoms with E-state index in [9.17, 15) is 8.76 Å². The maximum atomic E-state index is 10.6. The molecule has 0 aromatic carbocycles. The largest absolute Gasteiger partial charge is 0.760 e. The van der Waals surface area contributed by atoms with Crippen molar-refractivity contribution >= 4 is 17.6 Å². The van der Waals surface area contributed by atoms with Crippen LogP contribution in [-0.4, -0.2) is 45.1 Å². The molecule has 0 aliphatic heterocycles. The number of rotatable bonds is 8. The Morgan fingerprint density at radius 1 is 1.61 bits per heavy atom. The van der Waals surface area contributed by atoms with E-state index in [1.807, 2.05) is 27.0 Å². The highest BCUT2D eigenvalue weighted by Gasteiger charge is 2.04. The maximum Gasteiger partial charge on any atom is 0.0805 e. The first-order valence-corrected chi connectivity index (χ1v) is 6.88. The molecule has 0 spiro atoms. The smallest absolute Gasteiger partial charge is 0.0805 e. The molecule has 3 atom stereocenters. The highest BCUT2D eigenvalue weighted by Crippen LogP contribution is 2.04. The number of nitrogens with two attached hydrogens (primary N) is 1. The van der Waals surface area contributed by atoms with Crippen LogP contribution in [0.5, 0.6) is 0 Å². The van der Waals surface area contributed by atoms with E-state index in [1.54, 1.807) is 7.05 Å². The third-order valence-electron chi connectivity index (χ3n) is 2.70. The van der Waals surface area contributed by atoms with Crippen molar-refractivity contribution in [3.05, 3.63) is 11.8 Å². The summed E-state index contributed by atoms with van der Waals surface area (Å²) in [4.78, 5) is 4.05. The van der Waals surface area contributed by atoms with Gasteiger partial charge in [0.15, 0.2) is 0 Å². The van der Waals surface area contributed by atoms with Gasteiger partial charge in [-0.25, -0.2) is 4.31 Å². The summed E-state index contributed by atoms with van der Waals surface area (Å²) in [7, 11) is 1.55. The van der Waals surface area contributed by atoms with Crippen LogP contribution < -0.4 is 11.1 Å². The first-order chi connectivity index (χ1) is 8.38. The molecule has 0 saturated heterocycles. The van der Waals surface area contributed by atoms with Gasteiger partial charge in [-0.1, -0.05) is 0 Å². The summed E-state index contributed by atoms with van der Waals surface area (Å²) < 4.78 is 22.5. The lowest BCUT2D eigenvalue weighted by Crippen LogP contribution is -2.29. The highest BCUT2D eigenvalue weighted by atomic mass is 32.2. The van der Waals surface area contributed by atoms with Crippen LogP contribution in [0, 0.1) is 0 Å². The summed E-state index contributed by atoms with van der Waals surface area (Å²) in [5.74, 6) is 0. The van der Waals surface area contributed by atoms with Gasteiger partial charge in [0.1, 0.15) is 0 Å². The lowest BCUT2D eigenvalue weighted by molar-refractivity contribution is 0.410. The van der Waals surface area contributed by atoms with Crippen LogP contribution in [0.1, 0.15) is 27.2 Å². The fraction of sp³-hybridized carbons (Fsp3) is 0.727. The molecular weight excluding hydrogens is 252 g/mol. The molecule has 18 heavy (non-hydrogen) atoms. The Morgan fingerprint density at radius 2 is 2.22 bits per heavy atom. The summed E-state index contributed by atoms with van der Waals surface area (Å²) >= 11 is -2.14. The van der Waals surface area contributed by atoms with Crippen LogP contribution in [0.3, 0.4) is 0 Å². The molecule has 0 aliphatic rings. The van der Waals surface area contributed by atoms with Gasteiger partial charge >= 0.3 is 0 Å². The SMILES string of the molecule is C/C(=C\NC(C)CCN(C)S(=O)[O-])C(C)N=CN. The van der Waals surface area contributed by atoms with Gasteiger partial charge in [-0.3, -0.25) is 9.20 Å². The van der Waals surface area contributed by atoms with E-state index in [0.717, 1.165) is 12.0 Å². The average Bonchev–Trinajstić information content (AvgIpc) is 2.32. The minimum absolute atomic E-state index is 0.0477. The molecule has 0 heterocycles. The van der Waals surface area contributed by atoms with E-state index in [1.165, 1.54) is 10.6 Å². The third kappa shape index (κ3) is 7.41. The van der Waals surface area contributed by atoms with E-state index >= 15 is 0 Å². The molecule has 0 fully saturated rings. The molecule has 7 heteroatoms. The van der Waals surface area contributed by atoms with Crippen LogP contribution in [-0.2, 0) is 11.3 Å². The Labute approximate surface area is 112 Å². The molecule has 0 aliphatic carbocycles. The fourth-order valence-corrected chi connectivity index (χ4v) is 1.43. The van der Waals surface area contributed by atoms with Crippen LogP contribution in [0.2, 0.25) is 0 Å². The maximum absolute atomic E-state index is 10.6. The van der Waals surface area contributed by atoms with Gasteiger partial charge in [-0.05, 0) is 46.0 Å². The normalized spacial score (nSPS) is 18.0. The lowest BCUT2D eigenvalue weighted by atomic mass is 10.1. The van der Waals surface area contributed by atoms with Gasteiger partial charge in [-0.2, -0.15) is 0 Å². The summed E-state index contributed by atoms with van der Waals surface area (Å²) in [6, 6.07) is 0.242. The van der Waals surface area contributed by atoms with Crippen molar-refractivity contribution in [2.24, 2.45) is 10.7 Å². The number of hydrogen-bond donors (Lipinski definition) is 2. The zero-order chi connectivity index (χ0) is 14.1. The number of nitrogens with zero attached hydrogens (tertiary/aromatic N) is 2. The minimum Gasteiger partial charge on any atom is -0.760 e. The van der Waals surface area contributed by atoms with E-state index in [0.29, 0.717) is 6.54 Å². The molecule has 6 nitrogen and oxygen atoms in total. The Bertz CT molecular complexity index is 320. The Kier molecular flexibility index (Phi) is 8.61. The predicted molar refractivity (Wildman–Crippen MR) is 74.7 cm³/mol. The van der Waals surface area contributed by atoms with Crippen molar-refractivity contribution in [3.8, 4) is 0 Å². The van der Waals surface area contributed by atoms with Crippen LogP contribution in [0.15, 0.2) is 16.8 Å². The van der Waals surface area contributed by atoms with Crippen molar-refractivity contribution < 1.29 is 8.76 Å². The van der Waals surface area contributed by atoms with Crippen LogP contribution >= 0.6 is 0 Å². The van der Waals surface area contributed by atoms with Crippen LogP contribution in [0.25, 0.3) is 0 Å². The molecule has 0 aromatic rings. The summed E-state index contributed by atoms with van der Waals surface area (Å²) in [6.07, 6.45) is 3.93. The molecule has 0 aromatic heterocycles. The molecular formula is C11H23N4O2S-. The van der Waals surface area contributed by atoms with Gasteiger partial charge in [-0.15, -0.1) is 0 Å². The number of hydrogen-bond acceptors (Lipinski definition) is 4. The van der Waals surface area contributed by atoms with Crippen molar-refractivity contribution in [2.75, 3.05) is 13.6 Å². The number of aliphatic imine (C=N–C) groups is 1. The van der Waals surface area contributed by atoms with Gasteiger partial charge in [0.05, 0.1) is 12.4 Å². The molecule has 0 rings (SSSR count). The second kappa shape index (κ2) is 9.07. The monoisotopic (exact) mass is 275 g/mol. The molecule has 0 amide bonds. The molecule has 3 N–H and O–H groups in total. The second-order valence-electron chi connectivity index (χ2n) is 4.29. The zero-order valence-corrected chi connectivity index (χ0v) is 12.2. The van der Waals surface area contributed by atoms with Gasteiger partial charge in [0.25, 0.3) is 0 Å². The van der Waals surface area contributed by atoms with Crippen molar-refractivity contribution in [3.63, 3.8) is 0 Å². The van der Waals surface area contributed by atoms with Crippen molar-refractivity contribution in [1.82, 2.24) is 9.62 Å².